The molecular formula is C32H37BrClN3O3S. The molecule has 3 aromatic carbocycles. The zero-order valence-corrected chi connectivity index (χ0v) is 26.3. The van der Waals surface area contributed by atoms with E-state index in [1.165, 1.54) is 5.56 Å². The molecule has 218 valence electrons. The van der Waals surface area contributed by atoms with Gasteiger partial charge in [0.1, 0.15) is 0 Å². The van der Waals surface area contributed by atoms with Crippen molar-refractivity contribution >= 4 is 44.3 Å². The summed E-state index contributed by atoms with van der Waals surface area (Å²) in [7, 11) is -3.55. The SMILES string of the molecule is Cl.O=C1N(Cc2ccc(Br)cc2)CCC12CCN(C[C@H]1CN(S(=O)(=O)c3ccccc3)C[C@@H]1c1ccccc1)CC2. The topological polar surface area (TPSA) is 60.9 Å². The molecule has 0 radical (unpaired) electrons. The van der Waals surface area contributed by atoms with Crippen molar-refractivity contribution in [2.75, 3.05) is 39.3 Å². The van der Waals surface area contributed by atoms with E-state index in [2.05, 4.69) is 45.1 Å². The smallest absolute Gasteiger partial charge is 0.243 e. The molecular weight excluding hydrogens is 622 g/mol. The first-order chi connectivity index (χ1) is 19.3. The van der Waals surface area contributed by atoms with Crippen LogP contribution in [0.5, 0.6) is 0 Å². The van der Waals surface area contributed by atoms with Crippen LogP contribution in [0.2, 0.25) is 0 Å². The number of hydrogen-bond acceptors (Lipinski definition) is 4. The molecule has 9 heteroatoms. The molecule has 0 N–H and O–H groups in total. The lowest BCUT2D eigenvalue weighted by Gasteiger charge is -2.39. The largest absolute Gasteiger partial charge is 0.338 e. The number of benzene rings is 3. The summed E-state index contributed by atoms with van der Waals surface area (Å²) < 4.78 is 29.7. The van der Waals surface area contributed by atoms with Gasteiger partial charge in [-0.1, -0.05) is 76.6 Å². The average Bonchev–Trinajstić information content (AvgIpc) is 3.54. The zero-order valence-electron chi connectivity index (χ0n) is 23.1. The van der Waals surface area contributed by atoms with E-state index in [-0.39, 0.29) is 29.7 Å². The van der Waals surface area contributed by atoms with E-state index in [1.54, 1.807) is 28.6 Å². The first-order valence-corrected chi connectivity index (χ1v) is 16.4. The van der Waals surface area contributed by atoms with Crippen molar-refractivity contribution < 1.29 is 13.2 Å². The van der Waals surface area contributed by atoms with E-state index in [0.717, 1.165) is 55.5 Å². The van der Waals surface area contributed by atoms with Crippen LogP contribution in [0.3, 0.4) is 0 Å². The van der Waals surface area contributed by atoms with Gasteiger partial charge in [0.25, 0.3) is 0 Å². The Morgan fingerprint density at radius 3 is 2.07 bits per heavy atom. The average molecular weight is 659 g/mol. The van der Waals surface area contributed by atoms with Crippen LogP contribution in [-0.2, 0) is 21.4 Å². The van der Waals surface area contributed by atoms with Gasteiger partial charge in [-0.15, -0.1) is 12.4 Å². The van der Waals surface area contributed by atoms with Crippen LogP contribution in [0.25, 0.3) is 0 Å². The molecule has 3 aliphatic heterocycles. The van der Waals surface area contributed by atoms with Gasteiger partial charge < -0.3 is 9.80 Å². The number of halogens is 2. The van der Waals surface area contributed by atoms with Gasteiger partial charge in [0.2, 0.25) is 15.9 Å². The van der Waals surface area contributed by atoms with Crippen molar-refractivity contribution in [2.45, 2.75) is 36.6 Å². The highest BCUT2D eigenvalue weighted by atomic mass is 79.9. The third kappa shape index (κ3) is 6.27. The predicted molar refractivity (Wildman–Crippen MR) is 167 cm³/mol. The Labute approximate surface area is 258 Å². The van der Waals surface area contributed by atoms with Gasteiger partial charge in [0, 0.05) is 43.1 Å². The quantitative estimate of drug-likeness (QED) is 0.323. The number of likely N-dealkylation sites (tertiary alicyclic amines) is 2. The van der Waals surface area contributed by atoms with Crippen molar-refractivity contribution in [3.05, 3.63) is 101 Å². The highest BCUT2D eigenvalue weighted by Crippen LogP contribution is 2.43. The van der Waals surface area contributed by atoms with Crippen LogP contribution in [-0.4, -0.2) is 67.7 Å². The Morgan fingerprint density at radius 1 is 0.805 bits per heavy atom. The molecule has 0 bridgehead atoms. The molecule has 3 saturated heterocycles. The second-order valence-corrected chi connectivity index (χ2v) is 14.5. The molecule has 0 aliphatic carbocycles. The third-order valence-electron chi connectivity index (χ3n) is 9.21. The first-order valence-electron chi connectivity index (χ1n) is 14.2. The highest BCUT2D eigenvalue weighted by molar-refractivity contribution is 9.10. The van der Waals surface area contributed by atoms with Crippen molar-refractivity contribution in [2.24, 2.45) is 11.3 Å². The van der Waals surface area contributed by atoms with Gasteiger partial charge in [-0.25, -0.2) is 8.42 Å². The number of hydrogen-bond donors (Lipinski definition) is 0. The Morgan fingerprint density at radius 2 is 1.41 bits per heavy atom. The normalized spacial score (nSPS) is 23.1. The maximum atomic E-state index is 13.6. The maximum Gasteiger partial charge on any atom is 0.243 e. The molecule has 3 fully saturated rings. The molecule has 3 heterocycles. The summed E-state index contributed by atoms with van der Waals surface area (Å²) in [6.07, 6.45) is 2.67. The minimum atomic E-state index is -3.55. The summed E-state index contributed by atoms with van der Waals surface area (Å²) in [6, 6.07) is 27.3. The van der Waals surface area contributed by atoms with Gasteiger partial charge in [0.05, 0.1) is 10.3 Å². The number of amides is 1. The Kier molecular flexibility index (Phi) is 9.26. The minimum Gasteiger partial charge on any atom is -0.338 e. The van der Waals surface area contributed by atoms with E-state index < -0.39 is 10.0 Å². The minimum absolute atomic E-state index is 0. The van der Waals surface area contributed by atoms with Crippen LogP contribution in [0.1, 0.15) is 36.3 Å². The van der Waals surface area contributed by atoms with Crippen LogP contribution < -0.4 is 0 Å². The summed E-state index contributed by atoms with van der Waals surface area (Å²) in [5.41, 5.74) is 2.11. The number of carbonyl (C=O) groups excluding carboxylic acids is 1. The Hall–Kier alpha value is -2.23. The van der Waals surface area contributed by atoms with Crippen molar-refractivity contribution in [1.29, 1.82) is 0 Å². The van der Waals surface area contributed by atoms with Crippen LogP contribution in [0.15, 0.2) is 94.3 Å². The summed E-state index contributed by atoms with van der Waals surface area (Å²) in [6.45, 7) is 5.09. The molecule has 1 amide bonds. The zero-order chi connectivity index (χ0) is 27.7. The molecule has 2 atom stereocenters. The van der Waals surface area contributed by atoms with Crippen molar-refractivity contribution in [3.8, 4) is 0 Å². The Balaban J connectivity index is 0.00000337. The fourth-order valence-electron chi connectivity index (χ4n) is 6.85. The number of rotatable bonds is 7. The highest BCUT2D eigenvalue weighted by Gasteiger charge is 2.49. The maximum absolute atomic E-state index is 13.6. The predicted octanol–water partition coefficient (Wildman–Crippen LogP) is 5.79. The molecule has 41 heavy (non-hydrogen) atoms. The van der Waals surface area contributed by atoms with E-state index in [1.807, 2.05) is 41.3 Å². The molecule has 0 unspecified atom stereocenters. The molecule has 3 aromatic rings. The van der Waals surface area contributed by atoms with Gasteiger partial charge >= 0.3 is 0 Å². The molecule has 1 spiro atoms. The molecule has 0 aromatic heterocycles. The van der Waals surface area contributed by atoms with E-state index in [4.69, 9.17) is 0 Å². The fraction of sp³-hybridized carbons (Fsp3) is 0.406. The summed E-state index contributed by atoms with van der Waals surface area (Å²) in [5, 5.41) is 0. The second kappa shape index (κ2) is 12.6. The van der Waals surface area contributed by atoms with Crippen LogP contribution in [0.4, 0.5) is 0 Å². The van der Waals surface area contributed by atoms with Crippen LogP contribution >= 0.6 is 28.3 Å². The monoisotopic (exact) mass is 657 g/mol. The van der Waals surface area contributed by atoms with Gasteiger partial charge in [0.15, 0.2) is 0 Å². The fourth-order valence-corrected chi connectivity index (χ4v) is 8.65. The molecule has 0 saturated carbocycles. The Bertz CT molecular complexity index is 1430. The lowest BCUT2D eigenvalue weighted by molar-refractivity contribution is -0.139. The lowest BCUT2D eigenvalue weighted by Crippen LogP contribution is -2.46. The van der Waals surface area contributed by atoms with Gasteiger partial charge in [-0.2, -0.15) is 4.31 Å². The number of nitrogens with zero attached hydrogens (tertiary/aromatic N) is 3. The number of piperidine rings is 1. The standard InChI is InChI=1S/C32H36BrN3O3S.ClH/c33-28-13-11-25(12-14-28)21-35-20-17-32(31(35)37)15-18-34(19-16-32)22-27-23-36(24-30(27)26-7-3-1-4-8-26)40(38,39)29-9-5-2-6-10-29;/h1-14,27,30H,15-24H2;1H/t27-,30+;/m0./s1. The summed E-state index contributed by atoms with van der Waals surface area (Å²) in [4.78, 5) is 18.4. The first kappa shape index (κ1) is 30.2. The van der Waals surface area contributed by atoms with Gasteiger partial charge in [-0.05, 0) is 73.7 Å². The lowest BCUT2D eigenvalue weighted by atomic mass is 9.76. The third-order valence-corrected chi connectivity index (χ3v) is 11.6. The molecule has 3 aliphatic rings. The van der Waals surface area contributed by atoms with E-state index in [0.29, 0.717) is 30.4 Å². The summed E-state index contributed by atoms with van der Waals surface area (Å²) >= 11 is 3.49. The van der Waals surface area contributed by atoms with Gasteiger partial charge in [-0.3, -0.25) is 4.79 Å². The van der Waals surface area contributed by atoms with Crippen molar-refractivity contribution in [3.63, 3.8) is 0 Å². The summed E-state index contributed by atoms with van der Waals surface area (Å²) in [5.74, 6) is 0.645. The van der Waals surface area contributed by atoms with Crippen LogP contribution in [0, 0.1) is 11.3 Å². The van der Waals surface area contributed by atoms with Crippen molar-refractivity contribution in [1.82, 2.24) is 14.1 Å². The second-order valence-electron chi connectivity index (χ2n) is 11.6. The van der Waals surface area contributed by atoms with E-state index >= 15 is 0 Å². The number of carbonyl (C=O) groups is 1. The number of sulfonamides is 1. The molecule has 6 rings (SSSR count). The molecule has 6 nitrogen and oxygen atoms in total. The van der Waals surface area contributed by atoms with E-state index in [9.17, 15) is 13.2 Å².